The molecule has 0 bridgehead atoms. The normalized spacial score (nSPS) is 16.7. The van der Waals surface area contributed by atoms with Crippen LogP contribution < -0.4 is 10.6 Å². The van der Waals surface area contributed by atoms with Gasteiger partial charge in [-0.2, -0.15) is 0 Å². The van der Waals surface area contributed by atoms with Crippen molar-refractivity contribution in [3.63, 3.8) is 0 Å². The van der Waals surface area contributed by atoms with E-state index in [1.807, 2.05) is 6.07 Å². The third-order valence-electron chi connectivity index (χ3n) is 6.08. The number of rotatable bonds is 10. The highest BCUT2D eigenvalue weighted by molar-refractivity contribution is 14.0. The first-order valence-corrected chi connectivity index (χ1v) is 12.0. The second kappa shape index (κ2) is 14.0. The fraction of sp³-hybridized carbons (Fsp3) is 0.667. The van der Waals surface area contributed by atoms with E-state index in [0.29, 0.717) is 5.92 Å². The van der Waals surface area contributed by atoms with Gasteiger partial charge in [0.2, 0.25) is 0 Å². The molecule has 1 aliphatic heterocycles. The first-order chi connectivity index (χ1) is 15.1. The van der Waals surface area contributed by atoms with E-state index in [4.69, 9.17) is 4.99 Å². The number of aliphatic imine (C=N–C) groups is 1. The number of hydrogen-bond acceptors (Lipinski definition) is 4. The van der Waals surface area contributed by atoms with Gasteiger partial charge in [0.25, 0.3) is 0 Å². The Morgan fingerprint density at radius 1 is 1.09 bits per heavy atom. The van der Waals surface area contributed by atoms with Crippen LogP contribution in [0.4, 0.5) is 0 Å². The molecule has 0 saturated carbocycles. The molecular formula is C24H42IN7. The summed E-state index contributed by atoms with van der Waals surface area (Å²) in [6, 6.07) is 8.36. The van der Waals surface area contributed by atoms with Gasteiger partial charge in [0.1, 0.15) is 5.82 Å². The molecule has 1 saturated heterocycles. The molecular weight excluding hydrogens is 513 g/mol. The molecule has 1 fully saturated rings. The molecule has 32 heavy (non-hydrogen) atoms. The molecule has 2 N–H and O–H groups in total. The summed E-state index contributed by atoms with van der Waals surface area (Å²) in [7, 11) is 0. The van der Waals surface area contributed by atoms with Gasteiger partial charge in [-0.3, -0.25) is 4.99 Å². The van der Waals surface area contributed by atoms with Gasteiger partial charge in [0.15, 0.2) is 5.96 Å². The number of nitrogens with zero attached hydrogens (tertiary/aromatic N) is 5. The second-order valence-corrected chi connectivity index (χ2v) is 8.64. The van der Waals surface area contributed by atoms with Crippen LogP contribution in [0.1, 0.15) is 33.0 Å². The highest BCUT2D eigenvalue weighted by atomic mass is 127. The molecule has 0 spiro atoms. The summed E-state index contributed by atoms with van der Waals surface area (Å²) >= 11 is 0. The van der Waals surface area contributed by atoms with Crippen LogP contribution in [-0.4, -0.2) is 84.2 Å². The zero-order valence-electron chi connectivity index (χ0n) is 20.3. The van der Waals surface area contributed by atoms with Gasteiger partial charge in [-0.05, 0) is 44.9 Å². The number of fused-ring (bicyclic) bond motifs is 1. The Bertz CT molecular complexity index is 827. The zero-order valence-corrected chi connectivity index (χ0v) is 22.6. The van der Waals surface area contributed by atoms with Crippen molar-refractivity contribution in [3.8, 4) is 0 Å². The Kier molecular flexibility index (Phi) is 11.7. The van der Waals surface area contributed by atoms with Crippen molar-refractivity contribution < 1.29 is 0 Å². The number of likely N-dealkylation sites (N-methyl/N-ethyl adjacent to an activating group) is 1. The van der Waals surface area contributed by atoms with Gasteiger partial charge in [0, 0.05) is 58.9 Å². The predicted molar refractivity (Wildman–Crippen MR) is 146 cm³/mol. The minimum Gasteiger partial charge on any atom is -0.357 e. The lowest BCUT2D eigenvalue weighted by molar-refractivity contribution is 0.125. The average molecular weight is 556 g/mol. The molecule has 1 unspecified atom stereocenters. The summed E-state index contributed by atoms with van der Waals surface area (Å²) in [6.45, 7) is 19.4. The number of halogens is 1. The van der Waals surface area contributed by atoms with Crippen molar-refractivity contribution >= 4 is 41.0 Å². The number of guanidine groups is 1. The van der Waals surface area contributed by atoms with Gasteiger partial charge in [-0.15, -0.1) is 24.0 Å². The van der Waals surface area contributed by atoms with E-state index in [0.717, 1.165) is 56.4 Å². The molecule has 1 atom stereocenters. The predicted octanol–water partition coefficient (Wildman–Crippen LogP) is 3.18. The van der Waals surface area contributed by atoms with Crippen LogP contribution >= 0.6 is 24.0 Å². The van der Waals surface area contributed by atoms with Gasteiger partial charge in [0.05, 0.1) is 11.0 Å². The van der Waals surface area contributed by atoms with Crippen LogP contribution in [0.5, 0.6) is 0 Å². The lowest BCUT2D eigenvalue weighted by atomic mass is 10.1. The summed E-state index contributed by atoms with van der Waals surface area (Å²) in [5.74, 6) is 2.57. The Labute approximate surface area is 211 Å². The Balaban J connectivity index is 0.00000363. The fourth-order valence-electron chi connectivity index (χ4n) is 4.30. The molecule has 180 valence electrons. The number of imidazole rings is 1. The number of benzene rings is 1. The van der Waals surface area contributed by atoms with Crippen molar-refractivity contribution in [2.24, 2.45) is 10.9 Å². The Hall–Kier alpha value is -1.39. The topological polar surface area (TPSA) is 60.7 Å². The molecule has 0 amide bonds. The molecule has 2 aromatic rings. The Morgan fingerprint density at radius 3 is 2.53 bits per heavy atom. The first-order valence-electron chi connectivity index (χ1n) is 12.0. The van der Waals surface area contributed by atoms with Gasteiger partial charge >= 0.3 is 0 Å². The summed E-state index contributed by atoms with van der Waals surface area (Å²) in [4.78, 5) is 14.6. The molecule has 1 aliphatic rings. The zero-order chi connectivity index (χ0) is 22.1. The van der Waals surface area contributed by atoms with Crippen LogP contribution in [0.3, 0.4) is 0 Å². The van der Waals surface area contributed by atoms with Crippen LogP contribution in [0, 0.1) is 12.8 Å². The summed E-state index contributed by atoms with van der Waals surface area (Å²) in [6.07, 6.45) is 1.03. The SMILES string of the molecule is CCNC(=NCC(C)CN1CCN(CC)CC1)NCCCn1c(C)nc2ccccc21.I. The van der Waals surface area contributed by atoms with Crippen molar-refractivity contribution in [1.29, 1.82) is 0 Å². The average Bonchev–Trinajstić information content (AvgIpc) is 3.10. The van der Waals surface area contributed by atoms with Crippen molar-refractivity contribution in [3.05, 3.63) is 30.1 Å². The highest BCUT2D eigenvalue weighted by Gasteiger charge is 2.17. The van der Waals surface area contributed by atoms with Crippen molar-refractivity contribution in [1.82, 2.24) is 30.0 Å². The largest absolute Gasteiger partial charge is 0.357 e. The monoisotopic (exact) mass is 555 g/mol. The maximum Gasteiger partial charge on any atom is 0.191 e. The van der Waals surface area contributed by atoms with Gasteiger partial charge in [-0.1, -0.05) is 26.0 Å². The first kappa shape index (κ1) is 26.9. The molecule has 1 aromatic heterocycles. The third-order valence-corrected chi connectivity index (χ3v) is 6.08. The molecule has 0 aliphatic carbocycles. The number of hydrogen-bond donors (Lipinski definition) is 2. The number of nitrogens with one attached hydrogen (secondary N) is 2. The molecule has 8 heteroatoms. The molecule has 7 nitrogen and oxygen atoms in total. The van der Waals surface area contributed by atoms with E-state index in [9.17, 15) is 0 Å². The minimum absolute atomic E-state index is 0. The smallest absolute Gasteiger partial charge is 0.191 e. The van der Waals surface area contributed by atoms with E-state index in [-0.39, 0.29) is 24.0 Å². The highest BCUT2D eigenvalue weighted by Crippen LogP contribution is 2.15. The second-order valence-electron chi connectivity index (χ2n) is 8.64. The lowest BCUT2D eigenvalue weighted by Crippen LogP contribution is -2.47. The van der Waals surface area contributed by atoms with E-state index < -0.39 is 0 Å². The van der Waals surface area contributed by atoms with E-state index in [1.165, 1.54) is 38.2 Å². The molecule has 0 radical (unpaired) electrons. The van der Waals surface area contributed by atoms with E-state index in [1.54, 1.807) is 0 Å². The maximum atomic E-state index is 4.85. The van der Waals surface area contributed by atoms with E-state index >= 15 is 0 Å². The molecule has 2 heterocycles. The van der Waals surface area contributed by atoms with E-state index in [2.05, 4.69) is 75.9 Å². The number of piperazine rings is 1. The summed E-state index contributed by atoms with van der Waals surface area (Å²) in [5, 5.41) is 6.90. The lowest BCUT2D eigenvalue weighted by Gasteiger charge is -2.35. The molecule has 1 aromatic carbocycles. The van der Waals surface area contributed by atoms with Crippen molar-refractivity contribution in [2.45, 2.75) is 40.7 Å². The number of para-hydroxylation sites is 2. The minimum atomic E-state index is 0. The summed E-state index contributed by atoms with van der Waals surface area (Å²) < 4.78 is 2.31. The molecule has 3 rings (SSSR count). The fourth-order valence-corrected chi connectivity index (χ4v) is 4.30. The Morgan fingerprint density at radius 2 is 1.81 bits per heavy atom. The summed E-state index contributed by atoms with van der Waals surface area (Å²) in [5.41, 5.74) is 2.29. The maximum absolute atomic E-state index is 4.85. The van der Waals surface area contributed by atoms with Gasteiger partial charge in [-0.25, -0.2) is 4.98 Å². The number of aromatic nitrogens is 2. The quantitative estimate of drug-likeness (QED) is 0.204. The van der Waals surface area contributed by atoms with Crippen LogP contribution in [0.15, 0.2) is 29.3 Å². The van der Waals surface area contributed by atoms with Gasteiger partial charge < -0.3 is 25.0 Å². The van der Waals surface area contributed by atoms with Crippen molar-refractivity contribution in [2.75, 3.05) is 58.9 Å². The third kappa shape index (κ3) is 7.88. The number of aryl methyl sites for hydroxylation is 2. The van der Waals surface area contributed by atoms with Crippen LogP contribution in [0.25, 0.3) is 11.0 Å². The van der Waals surface area contributed by atoms with Crippen LogP contribution in [-0.2, 0) is 6.54 Å². The standard InChI is InChI=1S/C24H41N7.HI/c1-5-25-24(27-18-20(3)19-30-16-14-29(6-2)15-17-30)26-12-9-13-31-21(4)28-22-10-7-8-11-23(22)31;/h7-8,10-11,20H,5-6,9,12-19H2,1-4H3,(H2,25,26,27);1H. The van der Waals surface area contributed by atoms with Crippen LogP contribution in [0.2, 0.25) is 0 Å².